The lowest BCUT2D eigenvalue weighted by molar-refractivity contribution is -0.148. The minimum Gasteiger partial charge on any atom is -0.454 e. The van der Waals surface area contributed by atoms with Crippen LogP contribution in [-0.2, 0) is 15.1 Å². The van der Waals surface area contributed by atoms with E-state index in [2.05, 4.69) is 28.1 Å². The number of hydrogen-bond acceptors (Lipinski definition) is 2. The van der Waals surface area contributed by atoms with Crippen LogP contribution in [0.2, 0.25) is 0 Å². The van der Waals surface area contributed by atoms with E-state index in [0.29, 0.717) is 6.42 Å². The summed E-state index contributed by atoms with van der Waals surface area (Å²) in [6.07, 6.45) is 0.427. The molecule has 1 heterocycles. The van der Waals surface area contributed by atoms with Crippen LogP contribution in [0.25, 0.3) is 0 Å². The number of halogens is 1. The summed E-state index contributed by atoms with van der Waals surface area (Å²) in [6, 6.07) is 18.1. The lowest BCUT2D eigenvalue weighted by Gasteiger charge is -2.30. The highest BCUT2D eigenvalue weighted by atomic mass is 79.9. The summed E-state index contributed by atoms with van der Waals surface area (Å²) in [5.41, 5.74) is 1.57. The van der Waals surface area contributed by atoms with Crippen LogP contribution in [0.5, 0.6) is 0 Å². The van der Waals surface area contributed by atoms with E-state index in [0.717, 1.165) is 15.6 Å². The SMILES string of the molecule is C[C@@]1(c2ccc(Br)cc2)OC(=O)C[C@H]1c1ccccc1. The number of rotatable bonds is 2. The van der Waals surface area contributed by atoms with Gasteiger partial charge >= 0.3 is 5.97 Å². The van der Waals surface area contributed by atoms with Crippen molar-refractivity contribution in [2.45, 2.75) is 24.9 Å². The highest BCUT2D eigenvalue weighted by molar-refractivity contribution is 9.10. The number of carbonyl (C=O) groups is 1. The van der Waals surface area contributed by atoms with Gasteiger partial charge in [0, 0.05) is 10.4 Å². The Morgan fingerprint density at radius 3 is 2.40 bits per heavy atom. The maximum atomic E-state index is 11.9. The Kier molecular flexibility index (Phi) is 3.38. The summed E-state index contributed by atoms with van der Waals surface area (Å²) in [7, 11) is 0. The predicted molar refractivity (Wildman–Crippen MR) is 81.4 cm³/mol. The van der Waals surface area contributed by atoms with Crippen LogP contribution in [-0.4, -0.2) is 5.97 Å². The van der Waals surface area contributed by atoms with E-state index in [-0.39, 0.29) is 11.9 Å². The molecule has 0 aromatic heterocycles. The maximum absolute atomic E-state index is 11.9. The third-order valence-electron chi connectivity index (χ3n) is 3.98. The van der Waals surface area contributed by atoms with E-state index in [9.17, 15) is 4.79 Å². The number of hydrogen-bond donors (Lipinski definition) is 0. The van der Waals surface area contributed by atoms with Gasteiger partial charge in [0.1, 0.15) is 5.60 Å². The standard InChI is InChI=1S/C17H15BrO2/c1-17(13-7-9-14(18)10-8-13)15(11-16(19)20-17)12-5-3-2-4-6-12/h2-10,15H,11H2,1H3/t15-,17-/m0/s1. The molecular formula is C17H15BrO2. The number of benzene rings is 2. The largest absolute Gasteiger partial charge is 0.454 e. The number of esters is 1. The van der Waals surface area contributed by atoms with E-state index in [1.54, 1.807) is 0 Å². The van der Waals surface area contributed by atoms with Gasteiger partial charge in [0.2, 0.25) is 0 Å². The van der Waals surface area contributed by atoms with Crippen LogP contribution in [0.1, 0.15) is 30.4 Å². The van der Waals surface area contributed by atoms with Crippen molar-refractivity contribution in [2.24, 2.45) is 0 Å². The second kappa shape index (κ2) is 5.06. The first-order valence-electron chi connectivity index (χ1n) is 6.62. The third-order valence-corrected chi connectivity index (χ3v) is 4.51. The highest BCUT2D eigenvalue weighted by Gasteiger charge is 2.47. The molecule has 0 radical (unpaired) electrons. The van der Waals surface area contributed by atoms with Gasteiger partial charge in [-0.05, 0) is 30.2 Å². The molecule has 2 aromatic carbocycles. The molecule has 2 atom stereocenters. The van der Waals surface area contributed by atoms with Crippen LogP contribution >= 0.6 is 15.9 Å². The average Bonchev–Trinajstić information content (AvgIpc) is 2.77. The Labute approximate surface area is 126 Å². The first-order valence-corrected chi connectivity index (χ1v) is 7.42. The molecule has 0 N–H and O–H groups in total. The monoisotopic (exact) mass is 330 g/mol. The van der Waals surface area contributed by atoms with Crippen LogP contribution < -0.4 is 0 Å². The quantitative estimate of drug-likeness (QED) is 0.763. The number of carbonyl (C=O) groups excluding carboxylic acids is 1. The highest BCUT2D eigenvalue weighted by Crippen LogP contribution is 2.47. The molecule has 0 spiro atoms. The molecule has 1 saturated heterocycles. The van der Waals surface area contributed by atoms with Gasteiger partial charge in [-0.1, -0.05) is 58.4 Å². The van der Waals surface area contributed by atoms with Gasteiger partial charge < -0.3 is 4.74 Å². The van der Waals surface area contributed by atoms with Crippen LogP contribution in [0, 0.1) is 0 Å². The fourth-order valence-electron chi connectivity index (χ4n) is 2.87. The molecule has 3 rings (SSSR count). The van der Waals surface area contributed by atoms with Crippen molar-refractivity contribution in [1.82, 2.24) is 0 Å². The van der Waals surface area contributed by atoms with Gasteiger partial charge in [-0.25, -0.2) is 0 Å². The normalized spacial score (nSPS) is 25.5. The molecule has 0 amide bonds. The number of ether oxygens (including phenoxy) is 1. The van der Waals surface area contributed by atoms with Crippen molar-refractivity contribution in [3.63, 3.8) is 0 Å². The number of cyclic esters (lactones) is 1. The Hall–Kier alpha value is -1.61. The van der Waals surface area contributed by atoms with Gasteiger partial charge in [-0.3, -0.25) is 4.79 Å². The van der Waals surface area contributed by atoms with Gasteiger partial charge in [0.15, 0.2) is 0 Å². The summed E-state index contributed by atoms with van der Waals surface area (Å²) in [5, 5.41) is 0. The Morgan fingerprint density at radius 1 is 1.10 bits per heavy atom. The van der Waals surface area contributed by atoms with Crippen molar-refractivity contribution in [2.75, 3.05) is 0 Å². The van der Waals surface area contributed by atoms with Gasteiger partial charge in [-0.2, -0.15) is 0 Å². The minimum atomic E-state index is -0.598. The second-order valence-electron chi connectivity index (χ2n) is 5.26. The zero-order chi connectivity index (χ0) is 14.2. The molecular weight excluding hydrogens is 316 g/mol. The molecule has 102 valence electrons. The van der Waals surface area contributed by atoms with Crippen molar-refractivity contribution in [3.05, 3.63) is 70.2 Å². The van der Waals surface area contributed by atoms with Crippen molar-refractivity contribution in [1.29, 1.82) is 0 Å². The third kappa shape index (κ3) is 2.27. The first-order chi connectivity index (χ1) is 9.59. The smallest absolute Gasteiger partial charge is 0.307 e. The molecule has 2 nitrogen and oxygen atoms in total. The van der Waals surface area contributed by atoms with E-state index in [1.807, 2.05) is 49.4 Å². The van der Waals surface area contributed by atoms with Crippen molar-refractivity contribution < 1.29 is 9.53 Å². The minimum absolute atomic E-state index is 0.0531. The Balaban J connectivity index is 2.05. The summed E-state index contributed by atoms with van der Waals surface area (Å²) in [6.45, 7) is 2.00. The zero-order valence-electron chi connectivity index (χ0n) is 11.2. The fourth-order valence-corrected chi connectivity index (χ4v) is 3.14. The molecule has 2 aromatic rings. The molecule has 20 heavy (non-hydrogen) atoms. The first kappa shape index (κ1) is 13.4. The van der Waals surface area contributed by atoms with Crippen LogP contribution in [0.15, 0.2) is 59.1 Å². The van der Waals surface area contributed by atoms with Crippen LogP contribution in [0.4, 0.5) is 0 Å². The Morgan fingerprint density at radius 2 is 1.75 bits per heavy atom. The van der Waals surface area contributed by atoms with E-state index in [1.165, 1.54) is 0 Å². The lowest BCUT2D eigenvalue weighted by atomic mass is 9.79. The van der Waals surface area contributed by atoms with Crippen molar-refractivity contribution in [3.8, 4) is 0 Å². The predicted octanol–water partition coefficient (Wildman–Crippen LogP) is 4.40. The van der Waals surface area contributed by atoms with Crippen LogP contribution in [0.3, 0.4) is 0 Å². The molecule has 3 heteroatoms. The molecule has 1 fully saturated rings. The fraction of sp³-hybridized carbons (Fsp3) is 0.235. The summed E-state index contributed by atoms with van der Waals surface area (Å²) in [5.74, 6) is -0.0818. The van der Waals surface area contributed by atoms with Gasteiger partial charge in [0.25, 0.3) is 0 Å². The summed E-state index contributed by atoms with van der Waals surface area (Å²) < 4.78 is 6.71. The molecule has 1 aliphatic heterocycles. The van der Waals surface area contributed by atoms with E-state index < -0.39 is 5.60 Å². The maximum Gasteiger partial charge on any atom is 0.307 e. The average molecular weight is 331 g/mol. The van der Waals surface area contributed by atoms with Gasteiger partial charge in [-0.15, -0.1) is 0 Å². The zero-order valence-corrected chi connectivity index (χ0v) is 12.8. The van der Waals surface area contributed by atoms with Crippen molar-refractivity contribution >= 4 is 21.9 Å². The molecule has 0 saturated carbocycles. The summed E-state index contributed by atoms with van der Waals surface area (Å²) >= 11 is 3.44. The van der Waals surface area contributed by atoms with Gasteiger partial charge in [0.05, 0.1) is 6.42 Å². The molecule has 0 bridgehead atoms. The summed E-state index contributed by atoms with van der Waals surface area (Å²) in [4.78, 5) is 11.9. The van der Waals surface area contributed by atoms with E-state index in [4.69, 9.17) is 4.74 Å². The topological polar surface area (TPSA) is 26.3 Å². The molecule has 1 aliphatic rings. The van der Waals surface area contributed by atoms with E-state index >= 15 is 0 Å². The Bertz CT molecular complexity index is 621. The molecule has 0 unspecified atom stereocenters. The lowest BCUT2D eigenvalue weighted by Crippen LogP contribution is -2.27. The molecule has 0 aliphatic carbocycles. The second-order valence-corrected chi connectivity index (χ2v) is 6.17.